The Morgan fingerprint density at radius 1 is 1.16 bits per heavy atom. The molecule has 1 rings (SSSR count). The number of hydrogen-bond donors (Lipinski definition) is 2. The number of nitrogens with two attached hydrogens (primary N) is 1. The Morgan fingerprint density at radius 2 is 1.76 bits per heavy atom. The van der Waals surface area contributed by atoms with Crippen LogP contribution < -0.4 is 5.73 Å². The van der Waals surface area contributed by atoms with E-state index in [1.54, 1.807) is 13.8 Å². The van der Waals surface area contributed by atoms with Crippen LogP contribution in [-0.4, -0.2) is 29.7 Å². The Balaban J connectivity index is 0.000000504. The van der Waals surface area contributed by atoms with Crippen molar-refractivity contribution in [2.24, 2.45) is 0 Å². The van der Waals surface area contributed by atoms with Gasteiger partial charge >= 0.3 is 0 Å². The Morgan fingerprint density at radius 3 is 2.20 bits per heavy atom. The molecule has 0 amide bonds. The summed E-state index contributed by atoms with van der Waals surface area (Å²) in [7, 11) is 0. The lowest BCUT2D eigenvalue weighted by molar-refractivity contribution is -0.107. The number of aliphatic hydroxyl groups is 1. The minimum atomic E-state index is -0.588. The third-order valence-corrected chi connectivity index (χ3v) is 3.60. The van der Waals surface area contributed by atoms with Crippen LogP contribution in [-0.2, 0) is 21.4 Å². The van der Waals surface area contributed by atoms with E-state index in [2.05, 4.69) is 26.8 Å². The molecule has 3 N–H and O–H groups in total. The molecule has 0 saturated carbocycles. The molecule has 0 saturated heterocycles. The van der Waals surface area contributed by atoms with Crippen molar-refractivity contribution in [1.29, 1.82) is 0 Å². The summed E-state index contributed by atoms with van der Waals surface area (Å²) >= 11 is 0. The number of nitrogen functional groups attached to an aromatic ring is 1. The van der Waals surface area contributed by atoms with Gasteiger partial charge in [0.25, 0.3) is 0 Å². The fraction of sp³-hybridized carbons (Fsp3) is 0.667. The molecule has 0 aliphatic rings. The minimum absolute atomic E-state index is 0.102. The van der Waals surface area contributed by atoms with Crippen molar-refractivity contribution in [3.63, 3.8) is 0 Å². The predicted octanol–water partition coefficient (Wildman–Crippen LogP) is 4.27. The Kier molecular flexibility index (Phi) is 9.98. The van der Waals surface area contributed by atoms with Gasteiger partial charge in [0, 0.05) is 18.7 Å². The summed E-state index contributed by atoms with van der Waals surface area (Å²) in [5.41, 5.74) is 8.51. The van der Waals surface area contributed by atoms with Gasteiger partial charge in [-0.2, -0.15) is 0 Å². The van der Waals surface area contributed by atoms with Crippen LogP contribution in [0.3, 0.4) is 0 Å². The monoisotopic (exact) mass is 351 g/mol. The summed E-state index contributed by atoms with van der Waals surface area (Å²) in [6.07, 6.45) is 3.25. The second-order valence-corrected chi connectivity index (χ2v) is 8.40. The topological polar surface area (TPSA) is 72.6 Å². The molecule has 0 heterocycles. The van der Waals surface area contributed by atoms with Crippen LogP contribution in [0.2, 0.25) is 0 Å². The van der Waals surface area contributed by atoms with Gasteiger partial charge in [-0.15, -0.1) is 0 Å². The molecule has 144 valence electrons. The van der Waals surface area contributed by atoms with Crippen LogP contribution in [0.4, 0.5) is 5.69 Å². The fourth-order valence-electron chi connectivity index (χ4n) is 2.07. The van der Waals surface area contributed by atoms with Crippen molar-refractivity contribution < 1.29 is 14.6 Å². The molecule has 4 heteroatoms. The molecule has 0 aliphatic carbocycles. The zero-order valence-electron chi connectivity index (χ0n) is 17.1. The third kappa shape index (κ3) is 12.6. The van der Waals surface area contributed by atoms with E-state index in [1.807, 2.05) is 26.0 Å². The maximum absolute atomic E-state index is 10.3. The fourth-order valence-corrected chi connectivity index (χ4v) is 2.07. The Bertz CT molecular complexity index is 511. The van der Waals surface area contributed by atoms with E-state index in [4.69, 9.17) is 10.5 Å². The summed E-state index contributed by atoms with van der Waals surface area (Å²) in [6.45, 7) is 14.7. The van der Waals surface area contributed by atoms with Gasteiger partial charge in [-0.3, -0.25) is 0 Å². The van der Waals surface area contributed by atoms with Crippen molar-refractivity contribution in [2.75, 3.05) is 12.3 Å². The van der Waals surface area contributed by atoms with Crippen LogP contribution in [0.1, 0.15) is 72.4 Å². The van der Waals surface area contributed by atoms with Crippen molar-refractivity contribution in [2.45, 2.75) is 84.8 Å². The molecule has 0 unspecified atom stereocenters. The van der Waals surface area contributed by atoms with Gasteiger partial charge < -0.3 is 20.4 Å². The molecule has 1 aromatic rings. The Hall–Kier alpha value is -1.39. The molecular weight excluding hydrogens is 314 g/mol. The highest BCUT2D eigenvalue weighted by Gasteiger charge is 2.14. The summed E-state index contributed by atoms with van der Waals surface area (Å²) in [5, 5.41) is 9.25. The van der Waals surface area contributed by atoms with Gasteiger partial charge in [-0.1, -0.05) is 26.8 Å². The number of ether oxygens (including phenoxy) is 1. The average molecular weight is 352 g/mol. The zero-order chi connectivity index (χ0) is 19.7. The van der Waals surface area contributed by atoms with E-state index in [-0.39, 0.29) is 11.5 Å². The Labute approximate surface area is 153 Å². The summed E-state index contributed by atoms with van der Waals surface area (Å²) in [5.74, 6) is 0. The molecule has 25 heavy (non-hydrogen) atoms. The lowest BCUT2D eigenvalue weighted by Gasteiger charge is -2.20. The number of carbonyl (C=O) groups is 1. The molecule has 4 nitrogen and oxygen atoms in total. The SMILES string of the molecule is CC(C)(C)c1cc(N)cc(CCC=O)c1.CC(C)OCCC(C)(C)O. The number of aldehydes is 1. The van der Waals surface area contributed by atoms with E-state index in [0.717, 1.165) is 24.0 Å². The van der Waals surface area contributed by atoms with Gasteiger partial charge in [0.15, 0.2) is 0 Å². The smallest absolute Gasteiger partial charge is 0.120 e. The van der Waals surface area contributed by atoms with Gasteiger partial charge in [0.1, 0.15) is 6.29 Å². The number of rotatable bonds is 7. The van der Waals surface area contributed by atoms with Gasteiger partial charge in [0.2, 0.25) is 0 Å². The number of anilines is 1. The quantitative estimate of drug-likeness (QED) is 0.568. The highest BCUT2D eigenvalue weighted by molar-refractivity contribution is 5.52. The van der Waals surface area contributed by atoms with Crippen molar-refractivity contribution >= 4 is 12.0 Å². The van der Waals surface area contributed by atoms with Crippen molar-refractivity contribution in [3.05, 3.63) is 29.3 Å². The van der Waals surface area contributed by atoms with Crippen LogP contribution >= 0.6 is 0 Å². The largest absolute Gasteiger partial charge is 0.399 e. The predicted molar refractivity (Wildman–Crippen MR) is 106 cm³/mol. The lowest BCUT2D eigenvalue weighted by atomic mass is 9.85. The van der Waals surface area contributed by atoms with Crippen LogP contribution in [0.15, 0.2) is 18.2 Å². The molecule has 0 fully saturated rings. The molecule has 0 bridgehead atoms. The van der Waals surface area contributed by atoms with E-state index < -0.39 is 5.60 Å². The van der Waals surface area contributed by atoms with E-state index >= 15 is 0 Å². The first-order valence-corrected chi connectivity index (χ1v) is 9.02. The average Bonchev–Trinajstić information content (AvgIpc) is 2.42. The molecule has 0 aliphatic heterocycles. The maximum atomic E-state index is 10.3. The number of benzene rings is 1. The first kappa shape index (κ1) is 23.6. The molecule has 0 atom stereocenters. The maximum Gasteiger partial charge on any atom is 0.120 e. The molecular formula is C21H37NO3. The third-order valence-electron chi connectivity index (χ3n) is 3.60. The number of hydrogen-bond acceptors (Lipinski definition) is 4. The van der Waals surface area contributed by atoms with Crippen molar-refractivity contribution in [1.82, 2.24) is 0 Å². The minimum Gasteiger partial charge on any atom is -0.399 e. The second kappa shape index (κ2) is 10.6. The van der Waals surface area contributed by atoms with Gasteiger partial charge in [-0.05, 0) is 69.2 Å². The summed E-state index contributed by atoms with van der Waals surface area (Å²) in [6, 6.07) is 6.09. The zero-order valence-corrected chi connectivity index (χ0v) is 17.1. The molecule has 0 aromatic heterocycles. The number of aryl methyl sites for hydroxylation is 1. The van der Waals surface area contributed by atoms with E-state index in [1.165, 1.54) is 5.56 Å². The van der Waals surface area contributed by atoms with Crippen molar-refractivity contribution in [3.8, 4) is 0 Å². The van der Waals surface area contributed by atoms with Crippen LogP contribution in [0.5, 0.6) is 0 Å². The first-order valence-electron chi connectivity index (χ1n) is 9.02. The number of carbonyl (C=O) groups excluding carboxylic acids is 1. The van der Waals surface area contributed by atoms with E-state index in [0.29, 0.717) is 19.4 Å². The highest BCUT2D eigenvalue weighted by atomic mass is 16.5. The molecule has 0 spiro atoms. The summed E-state index contributed by atoms with van der Waals surface area (Å²) in [4.78, 5) is 10.3. The highest BCUT2D eigenvalue weighted by Crippen LogP contribution is 2.25. The van der Waals surface area contributed by atoms with E-state index in [9.17, 15) is 9.90 Å². The first-order chi connectivity index (χ1) is 11.3. The second-order valence-electron chi connectivity index (χ2n) is 8.40. The lowest BCUT2D eigenvalue weighted by Crippen LogP contribution is -2.21. The van der Waals surface area contributed by atoms with Gasteiger partial charge in [0.05, 0.1) is 11.7 Å². The standard InChI is InChI=1S/C13H19NO.C8H18O2/c1-13(2,3)11-7-10(5-4-6-15)8-12(14)9-11;1-7(2)10-6-5-8(3,4)9/h6-9H,4-5,14H2,1-3H3;7,9H,5-6H2,1-4H3. The van der Waals surface area contributed by atoms with Gasteiger partial charge in [-0.25, -0.2) is 0 Å². The molecule has 1 aromatic carbocycles. The summed E-state index contributed by atoms with van der Waals surface area (Å²) < 4.78 is 5.26. The van der Waals surface area contributed by atoms with Crippen LogP contribution in [0.25, 0.3) is 0 Å². The van der Waals surface area contributed by atoms with Crippen LogP contribution in [0, 0.1) is 0 Å². The normalized spacial score (nSPS) is 11.9. The molecule has 0 radical (unpaired) electrons.